The van der Waals surface area contributed by atoms with E-state index < -0.39 is 0 Å². The van der Waals surface area contributed by atoms with Gasteiger partial charge in [-0.1, -0.05) is 326 Å². The molecule has 0 saturated heterocycles. The molecular formula is C111H63N9OS5. The molecule has 10 nitrogen and oxygen atoms in total. The summed E-state index contributed by atoms with van der Waals surface area (Å²) in [5, 5.41) is 15.8. The zero-order valence-corrected chi connectivity index (χ0v) is 70.9. The van der Waals surface area contributed by atoms with E-state index in [4.69, 9.17) is 49.3 Å². The molecule has 0 N–H and O–H groups in total. The molecule has 27 rings (SSSR count). The molecule has 0 atom stereocenters. The first-order valence-corrected chi connectivity index (χ1v) is 45.7. The van der Waals surface area contributed by atoms with E-state index >= 15 is 0 Å². The Balaban J connectivity index is 0.000000103. The summed E-state index contributed by atoms with van der Waals surface area (Å²) >= 11 is 9.36. The van der Waals surface area contributed by atoms with Crippen molar-refractivity contribution in [3.8, 4) is 136 Å². The van der Waals surface area contributed by atoms with Gasteiger partial charge < -0.3 is 4.42 Å². The summed E-state index contributed by atoms with van der Waals surface area (Å²) in [5.41, 5.74) is 17.5. The average Bonchev–Trinajstić information content (AvgIpc) is 1.57. The lowest BCUT2D eigenvalue weighted by Gasteiger charge is -2.17. The lowest BCUT2D eigenvalue weighted by atomic mass is 9.93. The molecule has 126 heavy (non-hydrogen) atoms. The van der Waals surface area contributed by atoms with Crippen LogP contribution in [-0.4, -0.2) is 44.9 Å². The van der Waals surface area contributed by atoms with Crippen LogP contribution in [-0.2, 0) is 0 Å². The zero-order valence-electron chi connectivity index (χ0n) is 66.8. The van der Waals surface area contributed by atoms with Gasteiger partial charge in [0.25, 0.3) is 0 Å². The van der Waals surface area contributed by atoms with Gasteiger partial charge in [0.05, 0.1) is 0 Å². The Morgan fingerprint density at radius 2 is 0.405 bits per heavy atom. The molecule has 588 valence electrons. The van der Waals surface area contributed by atoms with Gasteiger partial charge in [-0.2, -0.15) is 0 Å². The molecule has 6 aromatic heterocycles. The molecule has 9 heterocycles. The van der Waals surface area contributed by atoms with E-state index in [0.717, 1.165) is 83.5 Å². The predicted octanol–water partition coefficient (Wildman–Crippen LogP) is 31.1. The van der Waals surface area contributed by atoms with Crippen LogP contribution in [0.3, 0.4) is 0 Å². The Labute approximate surface area is 743 Å². The van der Waals surface area contributed by atoms with Crippen molar-refractivity contribution < 1.29 is 4.42 Å². The highest BCUT2D eigenvalue weighted by molar-refractivity contribution is 8.00. The third-order valence-electron chi connectivity index (χ3n) is 23.7. The van der Waals surface area contributed by atoms with Crippen molar-refractivity contribution >= 4 is 153 Å². The van der Waals surface area contributed by atoms with Crippen molar-refractivity contribution in [2.75, 3.05) is 0 Å². The number of benzene rings is 18. The van der Waals surface area contributed by atoms with Crippen LogP contribution in [0.1, 0.15) is 0 Å². The second-order valence-corrected chi connectivity index (χ2v) is 36.7. The van der Waals surface area contributed by atoms with Crippen LogP contribution in [0.2, 0.25) is 0 Å². The lowest BCUT2D eigenvalue weighted by molar-refractivity contribution is 0.669. The van der Waals surface area contributed by atoms with Gasteiger partial charge >= 0.3 is 0 Å². The number of hydrogen-bond donors (Lipinski definition) is 0. The molecule has 0 amide bonds. The van der Waals surface area contributed by atoms with Crippen molar-refractivity contribution in [1.29, 1.82) is 0 Å². The van der Waals surface area contributed by atoms with E-state index in [2.05, 4.69) is 200 Å². The van der Waals surface area contributed by atoms with Crippen LogP contribution in [0, 0.1) is 0 Å². The first-order chi connectivity index (χ1) is 62.4. The van der Waals surface area contributed by atoms with Gasteiger partial charge in [0, 0.05) is 147 Å². The Morgan fingerprint density at radius 3 is 0.730 bits per heavy atom. The molecule has 15 heteroatoms. The molecular weight excluding hydrogens is 1640 g/mol. The second kappa shape index (κ2) is 30.5. The number of thiophene rings is 2. The monoisotopic (exact) mass is 1700 g/mol. The summed E-state index contributed by atoms with van der Waals surface area (Å²) in [6.07, 6.45) is 0. The summed E-state index contributed by atoms with van der Waals surface area (Å²) in [6, 6.07) is 133. The van der Waals surface area contributed by atoms with Crippen LogP contribution in [0.5, 0.6) is 0 Å². The van der Waals surface area contributed by atoms with Crippen molar-refractivity contribution in [3.05, 3.63) is 382 Å². The van der Waals surface area contributed by atoms with Crippen LogP contribution in [0.4, 0.5) is 0 Å². The highest BCUT2D eigenvalue weighted by Crippen LogP contribution is 2.57. The highest BCUT2D eigenvalue weighted by atomic mass is 32.2. The number of hydrogen-bond acceptors (Lipinski definition) is 15. The maximum absolute atomic E-state index is 6.43. The van der Waals surface area contributed by atoms with Crippen molar-refractivity contribution in [2.24, 2.45) is 0 Å². The standard InChI is InChI=1S/C37H21N3OS.2C37H21N3S2/c1-3-10-22(11-4-1)35-38-36(23-12-5-2-6-13-23)40-37(39-35)25-15-7-14-24(20-25)27-21-29-34-32-26(27)16-8-18-30(32)42-31-19-9-17-28(41-29)33(31)34;2*1-3-10-22(11-4-1)35-38-36(23-12-5-2-6-13-23)40-37(39-35)25-15-7-14-24(20-25)27-21-31-34-32-26(27)16-8-17-28(32)41-29-18-9-19-30(42-31)33(29)34/h3*1-21H. The lowest BCUT2D eigenvalue weighted by Crippen LogP contribution is -2.00. The molecule has 24 aromatic rings. The van der Waals surface area contributed by atoms with Gasteiger partial charge in [-0.3, -0.25) is 0 Å². The Kier molecular flexibility index (Phi) is 17.9. The van der Waals surface area contributed by atoms with Crippen LogP contribution < -0.4 is 0 Å². The summed E-state index contributed by atoms with van der Waals surface area (Å²) in [6.45, 7) is 0. The third-order valence-corrected chi connectivity index (χ3v) is 29.3. The van der Waals surface area contributed by atoms with Crippen molar-refractivity contribution in [2.45, 2.75) is 29.4 Å². The summed E-state index contributed by atoms with van der Waals surface area (Å²) in [4.78, 5) is 52.3. The largest absolute Gasteiger partial charge is 0.456 e. The summed E-state index contributed by atoms with van der Waals surface area (Å²) in [7, 11) is 0. The first-order valence-electron chi connectivity index (χ1n) is 41.6. The van der Waals surface area contributed by atoms with Crippen molar-refractivity contribution in [3.63, 3.8) is 0 Å². The van der Waals surface area contributed by atoms with Gasteiger partial charge in [0.1, 0.15) is 11.2 Å². The minimum absolute atomic E-state index is 0.640. The van der Waals surface area contributed by atoms with Gasteiger partial charge in [-0.15, -0.1) is 22.7 Å². The quantitative estimate of drug-likeness (QED) is 0.115. The van der Waals surface area contributed by atoms with Crippen LogP contribution >= 0.6 is 58.0 Å². The number of rotatable bonds is 12. The fraction of sp³-hybridized carbons (Fsp3) is 0. The van der Waals surface area contributed by atoms with E-state index in [9.17, 15) is 0 Å². The fourth-order valence-electron chi connectivity index (χ4n) is 18.0. The average molecular weight is 1700 g/mol. The predicted molar refractivity (Wildman–Crippen MR) is 523 cm³/mol. The topological polar surface area (TPSA) is 129 Å². The maximum atomic E-state index is 6.43. The normalized spacial score (nSPS) is 12.2. The Bertz CT molecular complexity index is 7600. The maximum Gasteiger partial charge on any atom is 0.164 e. The number of aromatic nitrogens is 9. The molecule has 3 aliphatic rings. The van der Waals surface area contributed by atoms with Gasteiger partial charge in [0.2, 0.25) is 0 Å². The summed E-state index contributed by atoms with van der Waals surface area (Å²) < 4.78 is 11.8. The minimum Gasteiger partial charge on any atom is -0.456 e. The molecule has 0 saturated carbocycles. The van der Waals surface area contributed by atoms with E-state index in [0.29, 0.717) is 52.4 Å². The molecule has 18 aromatic carbocycles. The van der Waals surface area contributed by atoms with E-state index in [1.165, 1.54) is 124 Å². The zero-order chi connectivity index (χ0) is 82.9. The van der Waals surface area contributed by atoms with Gasteiger partial charge in [0.15, 0.2) is 52.4 Å². The van der Waals surface area contributed by atoms with Gasteiger partial charge in [-0.25, -0.2) is 44.9 Å². The molecule has 0 radical (unpaired) electrons. The second-order valence-electron chi connectivity index (χ2n) is 31.3. The van der Waals surface area contributed by atoms with Crippen LogP contribution in [0.25, 0.3) is 230 Å². The number of nitrogens with zero attached hydrogens (tertiary/aromatic N) is 9. The molecule has 0 spiro atoms. The Hall–Kier alpha value is -14.9. The SMILES string of the molecule is c1ccc(-c2nc(-c3ccccc3)nc(-c3cccc(-c4cc5oc6cccc7c6c5c5c(cccc45)S7)c3)n2)cc1.c1ccc(-c2nc(-c3ccccc3)nc(-c3cccc(-c4cc5sc6cccc7c6c5c5c(cccc45)S7)c3)n2)cc1.c1ccc(-c2nc(-c3ccccc3)nc(-c3cccc(-c4cc5sc6cccc7c6c5c5c(cccc45)S7)c3)n2)cc1. The fourth-order valence-corrected chi connectivity index (χ4v) is 24.0. The van der Waals surface area contributed by atoms with E-state index in [-0.39, 0.29) is 0 Å². The molecule has 0 fully saturated rings. The third kappa shape index (κ3) is 12.8. The van der Waals surface area contributed by atoms with E-state index in [1.807, 2.05) is 240 Å². The van der Waals surface area contributed by atoms with Crippen molar-refractivity contribution in [1.82, 2.24) is 44.9 Å². The molecule has 0 bridgehead atoms. The minimum atomic E-state index is 0.640. The molecule has 0 unspecified atom stereocenters. The summed E-state index contributed by atoms with van der Waals surface area (Å²) in [5.74, 6) is 5.95. The number of furan rings is 1. The molecule has 0 aliphatic carbocycles. The molecule has 3 aliphatic heterocycles. The van der Waals surface area contributed by atoms with E-state index in [1.54, 1.807) is 0 Å². The first kappa shape index (κ1) is 73.8. The Morgan fingerprint density at radius 1 is 0.159 bits per heavy atom. The smallest absolute Gasteiger partial charge is 0.164 e. The van der Waals surface area contributed by atoms with Gasteiger partial charge in [-0.05, 0) is 141 Å². The highest BCUT2D eigenvalue weighted by Gasteiger charge is 2.29. The van der Waals surface area contributed by atoms with Crippen LogP contribution in [0.15, 0.2) is 416 Å².